The van der Waals surface area contributed by atoms with Gasteiger partial charge in [-0.05, 0) is 55.6 Å². The number of primary amides is 1. The van der Waals surface area contributed by atoms with E-state index in [9.17, 15) is 4.79 Å². The van der Waals surface area contributed by atoms with Crippen LogP contribution in [0.25, 0.3) is 0 Å². The van der Waals surface area contributed by atoms with E-state index in [0.29, 0.717) is 5.56 Å². The van der Waals surface area contributed by atoms with E-state index >= 15 is 0 Å². The van der Waals surface area contributed by atoms with Crippen molar-refractivity contribution in [2.24, 2.45) is 17.6 Å². The fourth-order valence-corrected chi connectivity index (χ4v) is 3.29. The molecule has 2 unspecified atom stereocenters. The molecule has 5 heteroatoms. The molecule has 1 aromatic rings. The largest absolute Gasteiger partial charge is 0.366 e. The van der Waals surface area contributed by atoms with Crippen LogP contribution in [0.15, 0.2) is 24.3 Å². The average Bonchev–Trinajstić information content (AvgIpc) is 2.87. The Morgan fingerprint density at radius 3 is 2.65 bits per heavy atom. The van der Waals surface area contributed by atoms with Gasteiger partial charge in [0.15, 0.2) is 0 Å². The van der Waals surface area contributed by atoms with Crippen molar-refractivity contribution in [2.45, 2.75) is 13.0 Å². The third-order valence-corrected chi connectivity index (χ3v) is 4.43. The van der Waals surface area contributed by atoms with Crippen LogP contribution in [-0.2, 0) is 6.54 Å². The van der Waals surface area contributed by atoms with Gasteiger partial charge in [0, 0.05) is 18.7 Å². The average molecular weight is 296 g/mol. The van der Waals surface area contributed by atoms with Crippen molar-refractivity contribution in [3.63, 3.8) is 0 Å². The van der Waals surface area contributed by atoms with Crippen molar-refractivity contribution < 1.29 is 4.79 Å². The Balaban J connectivity index is 0.00000147. The molecule has 1 aromatic carbocycles. The van der Waals surface area contributed by atoms with Crippen molar-refractivity contribution in [3.8, 4) is 0 Å². The molecule has 20 heavy (non-hydrogen) atoms. The van der Waals surface area contributed by atoms with Crippen LogP contribution in [0.5, 0.6) is 0 Å². The number of fused-ring (bicyclic) bond motifs is 1. The molecule has 2 aliphatic rings. The predicted octanol–water partition coefficient (Wildman–Crippen LogP) is 1.25. The summed E-state index contributed by atoms with van der Waals surface area (Å²) in [7, 11) is 0. The van der Waals surface area contributed by atoms with Gasteiger partial charge in [-0.25, -0.2) is 0 Å². The van der Waals surface area contributed by atoms with Gasteiger partial charge in [-0.3, -0.25) is 9.69 Å². The van der Waals surface area contributed by atoms with Gasteiger partial charge < -0.3 is 11.1 Å². The molecule has 3 N–H and O–H groups in total. The number of rotatable bonds is 3. The number of carbonyl (C=O) groups is 1. The van der Waals surface area contributed by atoms with Crippen molar-refractivity contribution in [1.29, 1.82) is 0 Å². The molecular weight excluding hydrogens is 274 g/mol. The molecule has 110 valence electrons. The van der Waals surface area contributed by atoms with Gasteiger partial charge in [-0.1, -0.05) is 12.1 Å². The summed E-state index contributed by atoms with van der Waals surface area (Å²) in [6.07, 6.45) is 1.30. The molecule has 0 aliphatic carbocycles. The summed E-state index contributed by atoms with van der Waals surface area (Å²) >= 11 is 0. The lowest BCUT2D eigenvalue weighted by Crippen LogP contribution is -2.39. The summed E-state index contributed by atoms with van der Waals surface area (Å²) in [6, 6.07) is 7.67. The molecule has 3 rings (SSSR count). The lowest BCUT2D eigenvalue weighted by atomic mass is 9.88. The number of nitrogens with zero attached hydrogens (tertiary/aromatic N) is 1. The van der Waals surface area contributed by atoms with Crippen LogP contribution in [0.3, 0.4) is 0 Å². The molecule has 2 aliphatic heterocycles. The summed E-state index contributed by atoms with van der Waals surface area (Å²) in [5, 5.41) is 3.49. The Bertz CT molecular complexity index is 463. The zero-order valence-electron chi connectivity index (χ0n) is 11.5. The lowest BCUT2D eigenvalue weighted by Gasteiger charge is -2.34. The van der Waals surface area contributed by atoms with Crippen LogP contribution in [0.2, 0.25) is 0 Å². The molecule has 2 heterocycles. The van der Waals surface area contributed by atoms with E-state index in [-0.39, 0.29) is 18.3 Å². The minimum atomic E-state index is -0.357. The fourth-order valence-electron chi connectivity index (χ4n) is 3.29. The SMILES string of the molecule is Cl.NC(=O)c1ccc(CN2CCC3CNCC3C2)cc1. The number of halogens is 1. The summed E-state index contributed by atoms with van der Waals surface area (Å²) in [4.78, 5) is 13.6. The van der Waals surface area contributed by atoms with E-state index < -0.39 is 0 Å². The zero-order valence-corrected chi connectivity index (χ0v) is 12.4. The van der Waals surface area contributed by atoms with Crippen molar-refractivity contribution in [3.05, 3.63) is 35.4 Å². The Morgan fingerprint density at radius 2 is 1.95 bits per heavy atom. The molecule has 0 bridgehead atoms. The quantitative estimate of drug-likeness (QED) is 0.882. The van der Waals surface area contributed by atoms with E-state index in [2.05, 4.69) is 10.2 Å². The van der Waals surface area contributed by atoms with Gasteiger partial charge in [0.1, 0.15) is 0 Å². The number of likely N-dealkylation sites (tertiary alicyclic amines) is 1. The smallest absolute Gasteiger partial charge is 0.248 e. The minimum absolute atomic E-state index is 0. The molecule has 4 nitrogen and oxygen atoms in total. The van der Waals surface area contributed by atoms with E-state index in [0.717, 1.165) is 18.4 Å². The first-order valence-corrected chi connectivity index (χ1v) is 7.04. The van der Waals surface area contributed by atoms with E-state index in [4.69, 9.17) is 5.73 Å². The number of hydrogen-bond acceptors (Lipinski definition) is 3. The Labute approximate surface area is 126 Å². The maximum Gasteiger partial charge on any atom is 0.248 e. The highest BCUT2D eigenvalue weighted by Crippen LogP contribution is 2.27. The van der Waals surface area contributed by atoms with Crippen molar-refractivity contribution >= 4 is 18.3 Å². The van der Waals surface area contributed by atoms with Gasteiger partial charge in [0.2, 0.25) is 5.91 Å². The molecule has 2 atom stereocenters. The second kappa shape index (κ2) is 6.57. The second-order valence-electron chi connectivity index (χ2n) is 5.76. The molecule has 0 radical (unpaired) electrons. The van der Waals surface area contributed by atoms with E-state index in [1.807, 2.05) is 24.3 Å². The highest BCUT2D eigenvalue weighted by molar-refractivity contribution is 5.92. The first-order valence-electron chi connectivity index (χ1n) is 7.04. The number of amides is 1. The first-order chi connectivity index (χ1) is 9.22. The lowest BCUT2D eigenvalue weighted by molar-refractivity contribution is 0.1000. The second-order valence-corrected chi connectivity index (χ2v) is 5.76. The highest BCUT2D eigenvalue weighted by Gasteiger charge is 2.32. The van der Waals surface area contributed by atoms with Gasteiger partial charge >= 0.3 is 0 Å². The van der Waals surface area contributed by atoms with Gasteiger partial charge in [0.05, 0.1) is 0 Å². The van der Waals surface area contributed by atoms with E-state index in [1.54, 1.807) is 0 Å². The van der Waals surface area contributed by atoms with Gasteiger partial charge in [0.25, 0.3) is 0 Å². The predicted molar refractivity (Wildman–Crippen MR) is 82.0 cm³/mol. The van der Waals surface area contributed by atoms with E-state index in [1.165, 1.54) is 38.2 Å². The topological polar surface area (TPSA) is 58.4 Å². The number of nitrogens with one attached hydrogen (secondary N) is 1. The third-order valence-electron chi connectivity index (χ3n) is 4.43. The molecule has 0 saturated carbocycles. The summed E-state index contributed by atoms with van der Waals surface area (Å²) in [5.41, 5.74) is 7.09. The molecular formula is C15H22ClN3O. The third kappa shape index (κ3) is 3.32. The van der Waals surface area contributed by atoms with Crippen LogP contribution in [-0.4, -0.2) is 37.0 Å². The van der Waals surface area contributed by atoms with Gasteiger partial charge in [-0.2, -0.15) is 0 Å². The highest BCUT2D eigenvalue weighted by atomic mass is 35.5. The monoisotopic (exact) mass is 295 g/mol. The fraction of sp³-hybridized carbons (Fsp3) is 0.533. The first kappa shape index (κ1) is 15.3. The molecule has 2 fully saturated rings. The number of carbonyl (C=O) groups excluding carboxylic acids is 1. The molecule has 0 aromatic heterocycles. The maximum atomic E-state index is 11.0. The number of piperidine rings is 1. The van der Waals surface area contributed by atoms with Crippen LogP contribution in [0.4, 0.5) is 0 Å². The Morgan fingerprint density at radius 1 is 1.25 bits per heavy atom. The minimum Gasteiger partial charge on any atom is -0.366 e. The van der Waals surface area contributed by atoms with Crippen LogP contribution < -0.4 is 11.1 Å². The van der Waals surface area contributed by atoms with Crippen LogP contribution >= 0.6 is 12.4 Å². The Kier molecular flexibility index (Phi) is 5.02. The number of nitrogens with two attached hydrogens (primary N) is 1. The zero-order chi connectivity index (χ0) is 13.2. The van der Waals surface area contributed by atoms with Crippen molar-refractivity contribution in [2.75, 3.05) is 26.2 Å². The summed E-state index contributed by atoms with van der Waals surface area (Å²) in [5.74, 6) is 1.34. The van der Waals surface area contributed by atoms with Gasteiger partial charge in [-0.15, -0.1) is 12.4 Å². The Hall–Kier alpha value is -1.10. The molecule has 1 amide bonds. The summed E-state index contributed by atoms with van der Waals surface area (Å²) < 4.78 is 0. The normalized spacial score (nSPS) is 25.8. The maximum absolute atomic E-state index is 11.0. The molecule has 2 saturated heterocycles. The van der Waals surface area contributed by atoms with Crippen molar-refractivity contribution in [1.82, 2.24) is 10.2 Å². The van der Waals surface area contributed by atoms with Crippen LogP contribution in [0, 0.1) is 11.8 Å². The number of benzene rings is 1. The van der Waals surface area contributed by atoms with Crippen LogP contribution in [0.1, 0.15) is 22.3 Å². The standard InChI is InChI=1S/C15H21N3O.ClH/c16-15(19)12-3-1-11(2-4-12)9-18-6-5-13-7-17-8-14(13)10-18;/h1-4,13-14,17H,5-10H2,(H2,16,19);1H. The number of hydrogen-bond donors (Lipinski definition) is 2. The molecule has 0 spiro atoms. The summed E-state index contributed by atoms with van der Waals surface area (Å²) in [6.45, 7) is 5.71.